The molecule has 4 rings (SSSR count). The molecular formula is C20H21FN4OS. The van der Waals surface area contributed by atoms with Crippen molar-refractivity contribution < 1.29 is 9.18 Å². The summed E-state index contributed by atoms with van der Waals surface area (Å²) in [4.78, 5) is 23.7. The van der Waals surface area contributed by atoms with Gasteiger partial charge in [-0.15, -0.1) is 11.3 Å². The Bertz CT molecular complexity index is 1000. The number of halogens is 1. The van der Waals surface area contributed by atoms with Gasteiger partial charge in [-0.3, -0.25) is 4.79 Å². The summed E-state index contributed by atoms with van der Waals surface area (Å²) in [6.07, 6.45) is 4.62. The van der Waals surface area contributed by atoms with E-state index in [2.05, 4.69) is 20.6 Å². The number of fused-ring (bicyclic) bond motifs is 3. The average Bonchev–Trinajstić information content (AvgIpc) is 3.03. The normalized spacial score (nSPS) is 13.4. The van der Waals surface area contributed by atoms with Crippen LogP contribution in [0.3, 0.4) is 0 Å². The molecule has 2 N–H and O–H groups in total. The maximum absolute atomic E-state index is 13.7. The first-order chi connectivity index (χ1) is 13.1. The van der Waals surface area contributed by atoms with Gasteiger partial charge in [0, 0.05) is 18.0 Å². The number of amides is 1. The molecule has 0 spiro atoms. The van der Waals surface area contributed by atoms with Crippen LogP contribution in [0, 0.1) is 12.7 Å². The lowest BCUT2D eigenvalue weighted by molar-refractivity contribution is 0.0951. The third kappa shape index (κ3) is 3.64. The lowest BCUT2D eigenvalue weighted by Crippen LogP contribution is -2.29. The first kappa shape index (κ1) is 17.9. The van der Waals surface area contributed by atoms with E-state index in [0.717, 1.165) is 34.7 Å². The van der Waals surface area contributed by atoms with E-state index in [1.54, 1.807) is 23.5 Å². The van der Waals surface area contributed by atoms with Crippen LogP contribution in [-0.2, 0) is 12.8 Å². The zero-order chi connectivity index (χ0) is 18.8. The first-order valence-corrected chi connectivity index (χ1v) is 10.0. The third-order valence-electron chi connectivity index (χ3n) is 4.75. The Kier molecular flexibility index (Phi) is 5.03. The third-order valence-corrected chi connectivity index (χ3v) is 5.93. The molecule has 5 nitrogen and oxygen atoms in total. The molecule has 3 aromatic rings. The van der Waals surface area contributed by atoms with Crippen LogP contribution in [0.1, 0.15) is 39.5 Å². The monoisotopic (exact) mass is 384 g/mol. The summed E-state index contributed by atoms with van der Waals surface area (Å²) in [6.45, 7) is 2.78. The van der Waals surface area contributed by atoms with Gasteiger partial charge in [-0.2, -0.15) is 0 Å². The Morgan fingerprint density at radius 2 is 2.00 bits per heavy atom. The molecule has 1 aromatic carbocycles. The number of aryl methyl sites for hydroxylation is 3. The van der Waals surface area contributed by atoms with E-state index >= 15 is 0 Å². The van der Waals surface area contributed by atoms with Crippen LogP contribution < -0.4 is 10.6 Å². The molecule has 0 saturated carbocycles. The number of thiophene rings is 1. The number of benzene rings is 1. The summed E-state index contributed by atoms with van der Waals surface area (Å²) in [6, 6.07) is 5.98. The molecular weight excluding hydrogens is 363 g/mol. The van der Waals surface area contributed by atoms with Crippen molar-refractivity contribution in [3.05, 3.63) is 51.9 Å². The highest BCUT2D eigenvalue weighted by Gasteiger charge is 2.20. The highest BCUT2D eigenvalue weighted by atomic mass is 32.1. The maximum Gasteiger partial charge on any atom is 0.254 e. The average molecular weight is 384 g/mol. The lowest BCUT2D eigenvalue weighted by atomic mass is 9.97. The second kappa shape index (κ2) is 7.60. The van der Waals surface area contributed by atoms with Crippen LogP contribution >= 0.6 is 11.3 Å². The molecule has 0 atom stereocenters. The molecule has 0 aliphatic heterocycles. The molecule has 140 valence electrons. The van der Waals surface area contributed by atoms with Gasteiger partial charge in [-0.1, -0.05) is 12.1 Å². The standard InChI is InChI=1S/C20H21FN4OS/c1-12-24-18(17-14-7-3-5-9-16(14)27-20(17)25-12)22-10-11-23-19(26)13-6-2-4-8-15(13)21/h2,4,6,8H,3,5,7,9-11H2,1H3,(H,23,26)(H,22,24,25). The molecule has 0 unspecified atom stereocenters. The van der Waals surface area contributed by atoms with Gasteiger partial charge in [0.1, 0.15) is 22.3 Å². The Balaban J connectivity index is 1.45. The number of hydrogen-bond acceptors (Lipinski definition) is 5. The quantitative estimate of drug-likeness (QED) is 0.656. The van der Waals surface area contributed by atoms with Gasteiger partial charge in [-0.25, -0.2) is 14.4 Å². The maximum atomic E-state index is 13.7. The minimum atomic E-state index is -0.513. The van der Waals surface area contributed by atoms with Crippen LogP contribution in [0.15, 0.2) is 24.3 Å². The van der Waals surface area contributed by atoms with Crippen LogP contribution in [0.25, 0.3) is 10.2 Å². The SMILES string of the molecule is Cc1nc(NCCNC(=O)c2ccccc2F)c2c3c(sc2n1)CCCC3. The van der Waals surface area contributed by atoms with Gasteiger partial charge in [0.15, 0.2) is 0 Å². The van der Waals surface area contributed by atoms with Crippen LogP contribution in [-0.4, -0.2) is 29.0 Å². The van der Waals surface area contributed by atoms with Crippen molar-refractivity contribution in [3.63, 3.8) is 0 Å². The van der Waals surface area contributed by atoms with Gasteiger partial charge < -0.3 is 10.6 Å². The number of hydrogen-bond donors (Lipinski definition) is 2. The predicted molar refractivity (Wildman–Crippen MR) is 106 cm³/mol. The van der Waals surface area contributed by atoms with Gasteiger partial charge >= 0.3 is 0 Å². The van der Waals surface area contributed by atoms with Crippen molar-refractivity contribution in [2.45, 2.75) is 32.6 Å². The van der Waals surface area contributed by atoms with Crippen LogP contribution in [0.4, 0.5) is 10.2 Å². The topological polar surface area (TPSA) is 66.9 Å². The van der Waals surface area contributed by atoms with Crippen LogP contribution in [0.2, 0.25) is 0 Å². The summed E-state index contributed by atoms with van der Waals surface area (Å²) >= 11 is 1.77. The summed E-state index contributed by atoms with van der Waals surface area (Å²) < 4.78 is 13.7. The Morgan fingerprint density at radius 1 is 1.19 bits per heavy atom. The number of carbonyl (C=O) groups is 1. The van der Waals surface area contributed by atoms with E-state index in [0.29, 0.717) is 13.1 Å². The molecule has 0 radical (unpaired) electrons. The molecule has 0 bridgehead atoms. The second-order valence-electron chi connectivity index (χ2n) is 6.67. The fraction of sp³-hybridized carbons (Fsp3) is 0.350. The van der Waals surface area contributed by atoms with Crippen LogP contribution in [0.5, 0.6) is 0 Å². The van der Waals surface area contributed by atoms with E-state index in [1.807, 2.05) is 6.92 Å². The van der Waals surface area contributed by atoms with Gasteiger partial charge in [0.05, 0.1) is 10.9 Å². The fourth-order valence-corrected chi connectivity index (χ4v) is 4.80. The lowest BCUT2D eigenvalue weighted by Gasteiger charge is -2.13. The van der Waals surface area contributed by atoms with E-state index in [4.69, 9.17) is 0 Å². The summed E-state index contributed by atoms with van der Waals surface area (Å²) in [7, 11) is 0. The minimum absolute atomic E-state index is 0.0599. The Labute approximate surface area is 161 Å². The Morgan fingerprint density at radius 3 is 2.85 bits per heavy atom. The van der Waals surface area contributed by atoms with Gasteiger partial charge in [0.2, 0.25) is 0 Å². The predicted octanol–water partition coefficient (Wildman–Crippen LogP) is 3.86. The smallest absolute Gasteiger partial charge is 0.254 e. The van der Waals surface area contributed by atoms with Crippen molar-refractivity contribution in [3.8, 4) is 0 Å². The first-order valence-electron chi connectivity index (χ1n) is 9.19. The number of aromatic nitrogens is 2. The molecule has 27 heavy (non-hydrogen) atoms. The van der Waals surface area contributed by atoms with E-state index in [9.17, 15) is 9.18 Å². The molecule has 1 aliphatic carbocycles. The fourth-order valence-electron chi connectivity index (χ4n) is 3.49. The van der Waals surface area contributed by atoms with Crippen molar-refractivity contribution in [1.82, 2.24) is 15.3 Å². The van der Waals surface area contributed by atoms with Crippen molar-refractivity contribution >= 4 is 33.3 Å². The molecule has 1 amide bonds. The summed E-state index contributed by atoms with van der Waals surface area (Å²) in [5.74, 6) is 0.642. The highest BCUT2D eigenvalue weighted by Crippen LogP contribution is 2.38. The number of anilines is 1. The zero-order valence-electron chi connectivity index (χ0n) is 15.1. The number of nitrogens with zero attached hydrogens (tertiary/aromatic N) is 2. The van der Waals surface area contributed by atoms with Crippen molar-refractivity contribution in [1.29, 1.82) is 0 Å². The van der Waals surface area contributed by atoms with E-state index < -0.39 is 11.7 Å². The van der Waals surface area contributed by atoms with E-state index in [1.165, 1.54) is 35.4 Å². The second-order valence-corrected chi connectivity index (χ2v) is 7.76. The molecule has 7 heteroatoms. The molecule has 2 heterocycles. The summed E-state index contributed by atoms with van der Waals surface area (Å²) in [5.41, 5.74) is 1.43. The molecule has 2 aromatic heterocycles. The molecule has 0 fully saturated rings. The largest absolute Gasteiger partial charge is 0.368 e. The van der Waals surface area contributed by atoms with Crippen molar-refractivity contribution in [2.24, 2.45) is 0 Å². The van der Waals surface area contributed by atoms with Gasteiger partial charge in [-0.05, 0) is 50.3 Å². The highest BCUT2D eigenvalue weighted by molar-refractivity contribution is 7.19. The number of nitrogens with one attached hydrogen (secondary N) is 2. The summed E-state index contributed by atoms with van der Waals surface area (Å²) in [5, 5.41) is 7.21. The van der Waals surface area contributed by atoms with Gasteiger partial charge in [0.25, 0.3) is 5.91 Å². The zero-order valence-corrected chi connectivity index (χ0v) is 16.0. The molecule has 0 saturated heterocycles. The Hall–Kier alpha value is -2.54. The number of carbonyl (C=O) groups excluding carboxylic acids is 1. The number of rotatable bonds is 5. The minimum Gasteiger partial charge on any atom is -0.368 e. The van der Waals surface area contributed by atoms with E-state index in [-0.39, 0.29) is 5.56 Å². The molecule has 1 aliphatic rings. The van der Waals surface area contributed by atoms with Crippen molar-refractivity contribution in [2.75, 3.05) is 18.4 Å².